The van der Waals surface area contributed by atoms with E-state index in [1.807, 2.05) is 6.07 Å². The van der Waals surface area contributed by atoms with Gasteiger partial charge in [0.2, 0.25) is 0 Å². The number of aromatic nitrogens is 1. The third-order valence-electron chi connectivity index (χ3n) is 5.81. The van der Waals surface area contributed by atoms with Gasteiger partial charge in [-0.25, -0.2) is 0 Å². The number of benzene rings is 1. The Balaban J connectivity index is 1.34. The highest BCUT2D eigenvalue weighted by molar-refractivity contribution is 5.93. The number of nitrogens with one attached hydrogen (secondary N) is 2. The van der Waals surface area contributed by atoms with Gasteiger partial charge in [0.25, 0.3) is 5.91 Å². The van der Waals surface area contributed by atoms with E-state index in [1.165, 1.54) is 18.5 Å². The van der Waals surface area contributed by atoms with Crippen LogP contribution >= 0.6 is 0 Å². The van der Waals surface area contributed by atoms with Crippen molar-refractivity contribution < 1.29 is 9.53 Å². The number of hydrogen-bond acceptors (Lipinski definition) is 5. The Bertz CT molecular complexity index is 810. The smallest absolute Gasteiger partial charge is 0.270 e. The lowest BCUT2D eigenvalue weighted by atomic mass is 9.99. The molecule has 29 heavy (non-hydrogen) atoms. The molecule has 0 spiro atoms. The van der Waals surface area contributed by atoms with Crippen LogP contribution in [-0.2, 0) is 4.74 Å². The van der Waals surface area contributed by atoms with Gasteiger partial charge >= 0.3 is 0 Å². The van der Waals surface area contributed by atoms with Crippen molar-refractivity contribution in [3.63, 3.8) is 0 Å². The Hall–Kier alpha value is -2.60. The summed E-state index contributed by atoms with van der Waals surface area (Å²) in [6.07, 6.45) is 6.37. The van der Waals surface area contributed by atoms with E-state index in [-0.39, 0.29) is 12.0 Å². The molecule has 1 aromatic carbocycles. The van der Waals surface area contributed by atoms with Gasteiger partial charge in [-0.1, -0.05) is 6.92 Å². The second-order valence-electron chi connectivity index (χ2n) is 8.12. The predicted octanol–water partition coefficient (Wildman–Crippen LogP) is 3.97. The van der Waals surface area contributed by atoms with Gasteiger partial charge in [0, 0.05) is 49.5 Å². The van der Waals surface area contributed by atoms with Crippen LogP contribution in [0.1, 0.15) is 43.1 Å². The first-order valence-electron chi connectivity index (χ1n) is 10.7. The number of hydrogen-bond donors (Lipinski definition) is 2. The summed E-state index contributed by atoms with van der Waals surface area (Å²) < 4.78 is 5.55. The van der Waals surface area contributed by atoms with Crippen LogP contribution < -0.4 is 15.5 Å². The molecule has 0 bridgehead atoms. The normalized spacial score (nSPS) is 19.9. The van der Waals surface area contributed by atoms with E-state index in [1.54, 1.807) is 12.3 Å². The Morgan fingerprint density at radius 2 is 1.93 bits per heavy atom. The van der Waals surface area contributed by atoms with Gasteiger partial charge in [0.15, 0.2) is 0 Å². The van der Waals surface area contributed by atoms with Crippen molar-refractivity contribution in [2.24, 2.45) is 5.92 Å². The largest absolute Gasteiger partial charge is 0.376 e. The monoisotopic (exact) mass is 394 g/mol. The average molecular weight is 395 g/mol. The van der Waals surface area contributed by atoms with Crippen LogP contribution in [-0.4, -0.2) is 43.2 Å². The summed E-state index contributed by atoms with van der Waals surface area (Å²) in [6.45, 7) is 5.91. The number of carbonyl (C=O) groups excluding carboxylic acids is 1. The van der Waals surface area contributed by atoms with Crippen LogP contribution in [0, 0.1) is 5.92 Å². The fourth-order valence-electron chi connectivity index (χ4n) is 3.92. The van der Waals surface area contributed by atoms with Crippen molar-refractivity contribution in [3.8, 4) is 0 Å². The van der Waals surface area contributed by atoms with Crippen LogP contribution in [0.3, 0.4) is 0 Å². The second kappa shape index (κ2) is 9.27. The maximum Gasteiger partial charge on any atom is 0.270 e. The molecule has 1 unspecified atom stereocenters. The summed E-state index contributed by atoms with van der Waals surface area (Å²) in [5.41, 5.74) is 3.52. The molecule has 2 aliphatic heterocycles. The van der Waals surface area contributed by atoms with Crippen molar-refractivity contribution in [2.45, 2.75) is 38.7 Å². The highest BCUT2D eigenvalue weighted by Crippen LogP contribution is 2.25. The molecule has 2 aromatic rings. The Morgan fingerprint density at radius 3 is 2.66 bits per heavy atom. The average Bonchev–Trinajstić information content (AvgIpc) is 3.27. The zero-order valence-corrected chi connectivity index (χ0v) is 17.1. The van der Waals surface area contributed by atoms with E-state index in [9.17, 15) is 4.79 Å². The van der Waals surface area contributed by atoms with Gasteiger partial charge in [-0.15, -0.1) is 0 Å². The van der Waals surface area contributed by atoms with Gasteiger partial charge in [-0.2, -0.15) is 0 Å². The molecule has 2 N–H and O–H groups in total. The van der Waals surface area contributed by atoms with Gasteiger partial charge in [0.1, 0.15) is 5.69 Å². The van der Waals surface area contributed by atoms with E-state index < -0.39 is 0 Å². The summed E-state index contributed by atoms with van der Waals surface area (Å²) in [6, 6.07) is 12.2. The summed E-state index contributed by atoms with van der Waals surface area (Å²) >= 11 is 0. The Morgan fingerprint density at radius 1 is 1.14 bits per heavy atom. The lowest BCUT2D eigenvalue weighted by Gasteiger charge is -2.32. The molecule has 2 saturated heterocycles. The van der Waals surface area contributed by atoms with Gasteiger partial charge in [-0.3, -0.25) is 9.78 Å². The van der Waals surface area contributed by atoms with Gasteiger partial charge in [-0.05, 0) is 68.0 Å². The third kappa shape index (κ3) is 5.26. The summed E-state index contributed by atoms with van der Waals surface area (Å²) in [5, 5.41) is 6.29. The standard InChI is InChI=1S/C23H30N4O2/c1-17-9-12-27(13-10-17)20-6-4-18(5-7-20)26-19-8-11-24-22(15-19)23(28)25-16-21-3-2-14-29-21/h4-8,11,15,17,21H,2-3,9-10,12-14,16H2,1H3,(H,24,26)(H,25,28). The lowest BCUT2D eigenvalue weighted by Crippen LogP contribution is -2.32. The molecular weight excluding hydrogens is 364 g/mol. The molecule has 0 radical (unpaired) electrons. The molecular formula is C23H30N4O2. The van der Waals surface area contributed by atoms with Crippen LogP contribution in [0.15, 0.2) is 42.6 Å². The van der Waals surface area contributed by atoms with E-state index in [0.717, 1.165) is 49.8 Å². The number of rotatable bonds is 6. The first-order valence-corrected chi connectivity index (χ1v) is 10.7. The minimum atomic E-state index is -0.168. The molecule has 154 valence electrons. The third-order valence-corrected chi connectivity index (χ3v) is 5.81. The van der Waals surface area contributed by atoms with Gasteiger partial charge < -0.3 is 20.3 Å². The first kappa shape index (κ1) is 19.7. The minimum absolute atomic E-state index is 0.127. The number of piperidine rings is 1. The molecule has 3 heterocycles. The number of amides is 1. The molecule has 0 saturated carbocycles. The summed E-state index contributed by atoms with van der Waals surface area (Å²) in [5.74, 6) is 0.662. The molecule has 2 aliphatic rings. The van der Waals surface area contributed by atoms with Gasteiger partial charge in [0.05, 0.1) is 6.10 Å². The molecule has 6 nitrogen and oxygen atoms in total. The number of nitrogens with zero attached hydrogens (tertiary/aromatic N) is 2. The van der Waals surface area contributed by atoms with E-state index in [2.05, 4.69) is 51.7 Å². The number of pyridine rings is 1. The number of carbonyl (C=O) groups is 1. The first-order chi connectivity index (χ1) is 14.2. The Labute approximate surface area is 172 Å². The zero-order valence-electron chi connectivity index (χ0n) is 17.1. The Kier molecular flexibility index (Phi) is 6.30. The van der Waals surface area contributed by atoms with Crippen molar-refractivity contribution in [1.82, 2.24) is 10.3 Å². The van der Waals surface area contributed by atoms with E-state index in [4.69, 9.17) is 4.74 Å². The van der Waals surface area contributed by atoms with Crippen LogP contribution in [0.2, 0.25) is 0 Å². The van der Waals surface area contributed by atoms with Crippen molar-refractivity contribution in [2.75, 3.05) is 36.5 Å². The van der Waals surface area contributed by atoms with Crippen LogP contribution in [0.25, 0.3) is 0 Å². The van der Waals surface area contributed by atoms with Crippen molar-refractivity contribution in [3.05, 3.63) is 48.3 Å². The maximum atomic E-state index is 12.4. The zero-order chi connectivity index (χ0) is 20.1. The molecule has 0 aliphatic carbocycles. The second-order valence-corrected chi connectivity index (χ2v) is 8.12. The quantitative estimate of drug-likeness (QED) is 0.776. The fourth-order valence-corrected chi connectivity index (χ4v) is 3.92. The highest BCUT2D eigenvalue weighted by atomic mass is 16.5. The number of ether oxygens (including phenoxy) is 1. The van der Waals surface area contributed by atoms with E-state index >= 15 is 0 Å². The SMILES string of the molecule is CC1CCN(c2ccc(Nc3ccnc(C(=O)NCC4CCCO4)c3)cc2)CC1. The summed E-state index contributed by atoms with van der Waals surface area (Å²) in [7, 11) is 0. The molecule has 1 atom stereocenters. The highest BCUT2D eigenvalue weighted by Gasteiger charge is 2.18. The molecule has 1 aromatic heterocycles. The maximum absolute atomic E-state index is 12.4. The predicted molar refractivity (Wildman–Crippen MR) is 116 cm³/mol. The van der Waals surface area contributed by atoms with Crippen LogP contribution in [0.4, 0.5) is 17.1 Å². The van der Waals surface area contributed by atoms with Crippen LogP contribution in [0.5, 0.6) is 0 Å². The minimum Gasteiger partial charge on any atom is -0.376 e. The molecule has 6 heteroatoms. The van der Waals surface area contributed by atoms with Crippen molar-refractivity contribution in [1.29, 1.82) is 0 Å². The van der Waals surface area contributed by atoms with Crippen molar-refractivity contribution >= 4 is 23.0 Å². The van der Waals surface area contributed by atoms with E-state index in [0.29, 0.717) is 12.2 Å². The number of anilines is 3. The summed E-state index contributed by atoms with van der Waals surface area (Å²) in [4.78, 5) is 19.0. The lowest BCUT2D eigenvalue weighted by molar-refractivity contribution is 0.0854. The topological polar surface area (TPSA) is 66.5 Å². The molecule has 1 amide bonds. The fraction of sp³-hybridized carbons (Fsp3) is 0.478. The molecule has 4 rings (SSSR count). The molecule has 2 fully saturated rings.